The molecule has 0 fully saturated rings. The van der Waals surface area contributed by atoms with Crippen molar-refractivity contribution in [2.75, 3.05) is 13.7 Å². The average molecular weight is 338 g/mol. The van der Waals surface area contributed by atoms with Gasteiger partial charge in [0, 0.05) is 4.47 Å². The first kappa shape index (κ1) is 12.5. The van der Waals surface area contributed by atoms with Crippen molar-refractivity contribution >= 4 is 37.8 Å². The van der Waals surface area contributed by atoms with Gasteiger partial charge in [0.25, 0.3) is 0 Å². The van der Waals surface area contributed by atoms with E-state index in [2.05, 4.69) is 31.9 Å². The highest BCUT2D eigenvalue weighted by Crippen LogP contribution is 2.31. The molecule has 0 unspecified atom stereocenters. The summed E-state index contributed by atoms with van der Waals surface area (Å²) in [4.78, 5) is 11.5. The highest BCUT2D eigenvalue weighted by atomic mass is 79.9. The Kier molecular flexibility index (Phi) is 4.60. The Balaban J connectivity index is 3.10. The van der Waals surface area contributed by atoms with Crippen LogP contribution in [-0.2, 0) is 4.74 Å². The maximum Gasteiger partial charge on any atom is 0.339 e. The van der Waals surface area contributed by atoms with Crippen molar-refractivity contribution in [1.29, 1.82) is 0 Å². The summed E-state index contributed by atoms with van der Waals surface area (Å²) >= 11 is 6.60. The molecule has 0 spiro atoms. The van der Waals surface area contributed by atoms with Crippen molar-refractivity contribution in [2.45, 2.75) is 6.92 Å². The van der Waals surface area contributed by atoms with E-state index in [1.54, 1.807) is 26.2 Å². The lowest BCUT2D eigenvalue weighted by atomic mass is 10.2. The number of hydrogen-bond donors (Lipinski definition) is 0. The molecule has 0 heterocycles. The van der Waals surface area contributed by atoms with Gasteiger partial charge in [-0.25, -0.2) is 4.79 Å². The van der Waals surface area contributed by atoms with Crippen LogP contribution in [0.25, 0.3) is 0 Å². The monoisotopic (exact) mass is 336 g/mol. The first-order chi connectivity index (χ1) is 7.10. The van der Waals surface area contributed by atoms with Crippen LogP contribution in [-0.4, -0.2) is 19.7 Å². The van der Waals surface area contributed by atoms with Crippen molar-refractivity contribution in [3.63, 3.8) is 0 Å². The molecule has 15 heavy (non-hydrogen) atoms. The quantitative estimate of drug-likeness (QED) is 0.793. The SMILES string of the molecule is CCOC(=O)c1cc(Br)c(OC)cc1Br. The summed E-state index contributed by atoms with van der Waals surface area (Å²) in [6, 6.07) is 3.39. The Bertz CT molecular complexity index is 377. The van der Waals surface area contributed by atoms with E-state index in [1.807, 2.05) is 0 Å². The molecule has 5 heteroatoms. The number of carbonyl (C=O) groups is 1. The van der Waals surface area contributed by atoms with E-state index in [0.29, 0.717) is 22.4 Å². The average Bonchev–Trinajstić information content (AvgIpc) is 2.21. The van der Waals surface area contributed by atoms with Gasteiger partial charge in [0.1, 0.15) is 5.75 Å². The van der Waals surface area contributed by atoms with Crippen LogP contribution >= 0.6 is 31.9 Å². The zero-order valence-corrected chi connectivity index (χ0v) is 11.5. The minimum absolute atomic E-state index is 0.354. The fourth-order valence-corrected chi connectivity index (χ4v) is 2.04. The molecule has 0 aromatic heterocycles. The van der Waals surface area contributed by atoms with E-state index < -0.39 is 0 Å². The van der Waals surface area contributed by atoms with Gasteiger partial charge in [-0.1, -0.05) is 0 Å². The van der Waals surface area contributed by atoms with Crippen LogP contribution in [0, 0.1) is 0 Å². The topological polar surface area (TPSA) is 35.5 Å². The van der Waals surface area contributed by atoms with E-state index in [1.165, 1.54) is 0 Å². The third kappa shape index (κ3) is 2.95. The van der Waals surface area contributed by atoms with Crippen LogP contribution in [0.15, 0.2) is 21.1 Å². The van der Waals surface area contributed by atoms with Gasteiger partial charge >= 0.3 is 5.97 Å². The molecule has 0 saturated carbocycles. The normalized spacial score (nSPS) is 9.87. The third-order valence-corrected chi connectivity index (χ3v) is 3.01. The predicted molar refractivity (Wildman–Crippen MR) is 64.4 cm³/mol. The molecule has 0 atom stereocenters. The fraction of sp³-hybridized carbons (Fsp3) is 0.300. The molecule has 0 aliphatic heterocycles. The Hall–Kier alpha value is -0.550. The van der Waals surface area contributed by atoms with E-state index in [9.17, 15) is 4.79 Å². The highest BCUT2D eigenvalue weighted by molar-refractivity contribution is 9.11. The molecule has 82 valence electrons. The second-order valence-corrected chi connectivity index (χ2v) is 4.40. The summed E-state index contributed by atoms with van der Waals surface area (Å²) in [6.45, 7) is 2.12. The zero-order valence-electron chi connectivity index (χ0n) is 8.34. The minimum Gasteiger partial charge on any atom is -0.496 e. The fourth-order valence-electron chi connectivity index (χ4n) is 1.05. The molecular formula is C10H10Br2O3. The van der Waals surface area contributed by atoms with Gasteiger partial charge in [0.15, 0.2) is 0 Å². The second kappa shape index (κ2) is 5.51. The second-order valence-electron chi connectivity index (χ2n) is 2.69. The van der Waals surface area contributed by atoms with Crippen molar-refractivity contribution in [3.8, 4) is 5.75 Å². The van der Waals surface area contributed by atoms with Crippen molar-refractivity contribution in [3.05, 3.63) is 26.6 Å². The van der Waals surface area contributed by atoms with Gasteiger partial charge in [0.05, 0.1) is 23.8 Å². The molecule has 0 N–H and O–H groups in total. The van der Waals surface area contributed by atoms with Gasteiger partial charge in [0.2, 0.25) is 0 Å². The lowest BCUT2D eigenvalue weighted by Gasteiger charge is -2.08. The van der Waals surface area contributed by atoms with Crippen molar-refractivity contribution in [2.24, 2.45) is 0 Å². The molecule has 0 radical (unpaired) electrons. The molecule has 1 rings (SSSR count). The summed E-state index contributed by atoms with van der Waals surface area (Å²) in [5, 5.41) is 0. The first-order valence-electron chi connectivity index (χ1n) is 4.30. The summed E-state index contributed by atoms with van der Waals surface area (Å²) in [5.41, 5.74) is 0.476. The maximum absolute atomic E-state index is 11.5. The van der Waals surface area contributed by atoms with Gasteiger partial charge < -0.3 is 9.47 Å². The molecule has 0 amide bonds. The molecule has 0 bridgehead atoms. The highest BCUT2D eigenvalue weighted by Gasteiger charge is 2.14. The molecule has 0 aliphatic rings. The maximum atomic E-state index is 11.5. The molecule has 1 aromatic rings. The van der Waals surface area contributed by atoms with Crippen LogP contribution in [0.4, 0.5) is 0 Å². The first-order valence-corrected chi connectivity index (χ1v) is 5.89. The number of ether oxygens (including phenoxy) is 2. The number of benzene rings is 1. The van der Waals surface area contributed by atoms with Gasteiger partial charge in [-0.15, -0.1) is 0 Å². The van der Waals surface area contributed by atoms with E-state index >= 15 is 0 Å². The number of methoxy groups -OCH3 is 1. The molecule has 0 aliphatic carbocycles. The van der Waals surface area contributed by atoms with E-state index in [4.69, 9.17) is 9.47 Å². The third-order valence-electron chi connectivity index (χ3n) is 1.74. The van der Waals surface area contributed by atoms with Crippen molar-refractivity contribution in [1.82, 2.24) is 0 Å². The lowest BCUT2D eigenvalue weighted by Crippen LogP contribution is -2.05. The summed E-state index contributed by atoms with van der Waals surface area (Å²) in [7, 11) is 1.57. The van der Waals surface area contributed by atoms with Crippen molar-refractivity contribution < 1.29 is 14.3 Å². The molecule has 0 saturated heterocycles. The standard InChI is InChI=1S/C10H10Br2O3/c1-3-15-10(13)6-4-8(12)9(14-2)5-7(6)11/h4-5H,3H2,1-2H3. The summed E-state index contributed by atoms with van der Waals surface area (Å²) in [5.74, 6) is 0.308. The Morgan fingerprint density at radius 2 is 2.00 bits per heavy atom. The molecule has 1 aromatic carbocycles. The largest absolute Gasteiger partial charge is 0.496 e. The molecule has 3 nitrogen and oxygen atoms in total. The number of esters is 1. The van der Waals surface area contributed by atoms with Crippen LogP contribution in [0.3, 0.4) is 0 Å². The lowest BCUT2D eigenvalue weighted by molar-refractivity contribution is 0.0525. The number of carbonyl (C=O) groups excluding carboxylic acids is 1. The van der Waals surface area contributed by atoms with Crippen LogP contribution in [0.2, 0.25) is 0 Å². The van der Waals surface area contributed by atoms with Gasteiger partial charge in [-0.2, -0.15) is 0 Å². The minimum atomic E-state index is -0.354. The Labute approximate surface area is 105 Å². The predicted octanol–water partition coefficient (Wildman–Crippen LogP) is 3.40. The van der Waals surface area contributed by atoms with Crippen LogP contribution < -0.4 is 4.74 Å². The molecular weight excluding hydrogens is 328 g/mol. The Morgan fingerprint density at radius 3 is 2.53 bits per heavy atom. The number of rotatable bonds is 3. The summed E-state index contributed by atoms with van der Waals surface area (Å²) < 4.78 is 11.4. The van der Waals surface area contributed by atoms with Gasteiger partial charge in [-0.3, -0.25) is 0 Å². The van der Waals surface area contributed by atoms with Crippen LogP contribution in [0.1, 0.15) is 17.3 Å². The summed E-state index contributed by atoms with van der Waals surface area (Å²) in [6.07, 6.45) is 0. The zero-order chi connectivity index (χ0) is 11.4. The number of hydrogen-bond acceptors (Lipinski definition) is 3. The Morgan fingerprint density at radius 1 is 1.33 bits per heavy atom. The number of halogens is 2. The van der Waals surface area contributed by atoms with E-state index in [-0.39, 0.29) is 5.97 Å². The van der Waals surface area contributed by atoms with E-state index in [0.717, 1.165) is 4.47 Å². The van der Waals surface area contributed by atoms with Gasteiger partial charge in [-0.05, 0) is 50.9 Å². The smallest absolute Gasteiger partial charge is 0.339 e. The van der Waals surface area contributed by atoms with Crippen LogP contribution in [0.5, 0.6) is 5.75 Å².